The number of carbonyl (C=O) groups is 3. The van der Waals surface area contributed by atoms with Gasteiger partial charge in [0.05, 0.1) is 0 Å². The van der Waals surface area contributed by atoms with Crippen LogP contribution in [0.25, 0.3) is 0 Å². The van der Waals surface area contributed by atoms with Crippen molar-refractivity contribution in [2.45, 2.75) is 329 Å². The average Bonchev–Trinajstić information content (AvgIpc) is 3.38. The van der Waals surface area contributed by atoms with Gasteiger partial charge in [-0.3, -0.25) is 14.4 Å². The lowest BCUT2D eigenvalue weighted by Gasteiger charge is -2.18. The van der Waals surface area contributed by atoms with E-state index in [4.69, 9.17) is 14.2 Å². The van der Waals surface area contributed by atoms with Gasteiger partial charge in [0.2, 0.25) is 0 Å². The monoisotopic (exact) mass is 1010 g/mol. The molecule has 0 aromatic carbocycles. The van der Waals surface area contributed by atoms with Crippen LogP contribution >= 0.6 is 0 Å². The first-order valence-corrected chi connectivity index (χ1v) is 31.3. The topological polar surface area (TPSA) is 78.9 Å². The molecular weight excluding hydrogens is 889 g/mol. The maximum atomic E-state index is 12.9. The van der Waals surface area contributed by atoms with Gasteiger partial charge in [-0.25, -0.2) is 0 Å². The van der Waals surface area contributed by atoms with Crippen LogP contribution in [0.3, 0.4) is 0 Å². The van der Waals surface area contributed by atoms with Crippen LogP contribution in [0, 0.1) is 0 Å². The third-order valence-corrected chi connectivity index (χ3v) is 13.8. The summed E-state index contributed by atoms with van der Waals surface area (Å²) in [4.78, 5) is 38.1. The molecule has 0 heterocycles. The van der Waals surface area contributed by atoms with Crippen LogP contribution in [0.2, 0.25) is 0 Å². The van der Waals surface area contributed by atoms with E-state index in [9.17, 15) is 14.4 Å². The van der Waals surface area contributed by atoms with Crippen molar-refractivity contribution >= 4 is 17.9 Å². The number of esters is 3. The van der Waals surface area contributed by atoms with Crippen molar-refractivity contribution in [3.63, 3.8) is 0 Å². The number of unbranched alkanes of at least 4 members (excludes halogenated alkanes) is 36. The number of ether oxygens (including phenoxy) is 3. The van der Waals surface area contributed by atoms with E-state index in [1.165, 1.54) is 193 Å². The zero-order valence-electron chi connectivity index (χ0n) is 47.9. The van der Waals surface area contributed by atoms with E-state index < -0.39 is 6.10 Å². The number of rotatable bonds is 57. The zero-order chi connectivity index (χ0) is 52.2. The maximum Gasteiger partial charge on any atom is 0.306 e. The van der Waals surface area contributed by atoms with Gasteiger partial charge in [-0.15, -0.1) is 0 Å². The summed E-state index contributed by atoms with van der Waals surface area (Å²) in [5, 5.41) is 0. The summed E-state index contributed by atoms with van der Waals surface area (Å²) in [6.45, 7) is 6.54. The standard InChI is InChI=1S/C66H118O6/c1-4-7-10-13-16-19-21-23-25-27-29-30-31-32-33-34-35-36-38-39-41-43-45-47-50-53-56-59-65(68)71-62-63(61-70-64(67)58-55-52-49-18-15-12-9-6-3)72-66(69)60-57-54-51-48-46-44-42-40-37-28-26-24-22-20-17-14-11-8-5-2/h7,10,16,19,23,25,29-30,32-33,63H,4-6,8-9,11-15,17-18,20-22,24,26-28,31,34-62H2,1-3H3/b10-7-,19-16-,25-23-,30-29-,33-32-. The first-order valence-electron chi connectivity index (χ1n) is 31.3. The second-order valence-corrected chi connectivity index (χ2v) is 21.0. The summed E-state index contributed by atoms with van der Waals surface area (Å²) >= 11 is 0. The maximum absolute atomic E-state index is 12.9. The summed E-state index contributed by atoms with van der Waals surface area (Å²) in [6.07, 6.45) is 76.7. The fourth-order valence-corrected chi connectivity index (χ4v) is 9.12. The minimum Gasteiger partial charge on any atom is -0.462 e. The molecule has 0 N–H and O–H groups in total. The molecule has 1 unspecified atom stereocenters. The zero-order valence-corrected chi connectivity index (χ0v) is 47.9. The highest BCUT2D eigenvalue weighted by molar-refractivity contribution is 5.71. The Morgan fingerprint density at radius 3 is 0.847 bits per heavy atom. The molecule has 418 valence electrons. The number of hydrogen-bond acceptors (Lipinski definition) is 6. The van der Waals surface area contributed by atoms with E-state index in [1.54, 1.807) is 0 Å². The smallest absolute Gasteiger partial charge is 0.306 e. The van der Waals surface area contributed by atoms with E-state index in [0.29, 0.717) is 19.3 Å². The number of carbonyl (C=O) groups excluding carboxylic acids is 3. The molecule has 0 amide bonds. The van der Waals surface area contributed by atoms with Crippen molar-refractivity contribution in [1.29, 1.82) is 0 Å². The Bertz CT molecular complexity index is 1290. The van der Waals surface area contributed by atoms with Gasteiger partial charge in [-0.1, -0.05) is 300 Å². The van der Waals surface area contributed by atoms with E-state index in [0.717, 1.165) is 89.9 Å². The van der Waals surface area contributed by atoms with Gasteiger partial charge in [-0.05, 0) is 64.2 Å². The molecular formula is C66H118O6. The average molecular weight is 1010 g/mol. The molecule has 0 aromatic rings. The second kappa shape index (κ2) is 60.7. The molecule has 0 aliphatic rings. The lowest BCUT2D eigenvalue weighted by molar-refractivity contribution is -0.167. The molecule has 6 nitrogen and oxygen atoms in total. The Labute approximate surface area is 447 Å². The van der Waals surface area contributed by atoms with E-state index in [1.807, 2.05) is 0 Å². The van der Waals surface area contributed by atoms with Crippen molar-refractivity contribution < 1.29 is 28.6 Å². The minimum absolute atomic E-state index is 0.0703. The van der Waals surface area contributed by atoms with E-state index in [2.05, 4.69) is 81.5 Å². The third kappa shape index (κ3) is 58.0. The van der Waals surface area contributed by atoms with Crippen molar-refractivity contribution in [2.75, 3.05) is 13.2 Å². The fraction of sp³-hybridized carbons (Fsp3) is 0.803. The molecule has 0 bridgehead atoms. The number of allylic oxidation sites excluding steroid dienone is 10. The van der Waals surface area contributed by atoms with Crippen molar-refractivity contribution in [3.8, 4) is 0 Å². The normalized spacial score (nSPS) is 12.4. The molecule has 0 spiro atoms. The lowest BCUT2D eigenvalue weighted by Crippen LogP contribution is -2.30. The van der Waals surface area contributed by atoms with Gasteiger partial charge in [0.25, 0.3) is 0 Å². The molecule has 0 aromatic heterocycles. The van der Waals surface area contributed by atoms with Gasteiger partial charge in [-0.2, -0.15) is 0 Å². The van der Waals surface area contributed by atoms with Crippen LogP contribution in [-0.4, -0.2) is 37.2 Å². The van der Waals surface area contributed by atoms with E-state index in [-0.39, 0.29) is 31.1 Å². The lowest BCUT2D eigenvalue weighted by atomic mass is 10.0. The summed E-state index contributed by atoms with van der Waals surface area (Å²) in [7, 11) is 0. The van der Waals surface area contributed by atoms with Crippen LogP contribution in [0.5, 0.6) is 0 Å². The second-order valence-electron chi connectivity index (χ2n) is 21.0. The fourth-order valence-electron chi connectivity index (χ4n) is 9.12. The predicted octanol–water partition coefficient (Wildman–Crippen LogP) is 21.2. The molecule has 0 saturated carbocycles. The summed E-state index contributed by atoms with van der Waals surface area (Å²) in [5.41, 5.74) is 0. The SMILES string of the molecule is CC/C=C\C/C=C\C/C=C\C/C=C\C/C=C\CCCCCCCCCCCCCC(=O)OCC(COC(=O)CCCCCCCCCC)OC(=O)CCCCCCCCCCCCCCCCCCCCC. The Morgan fingerprint density at radius 1 is 0.292 bits per heavy atom. The quantitative estimate of drug-likeness (QED) is 0.0261. The van der Waals surface area contributed by atoms with Gasteiger partial charge < -0.3 is 14.2 Å². The van der Waals surface area contributed by atoms with Gasteiger partial charge in [0.1, 0.15) is 13.2 Å². The molecule has 1 atom stereocenters. The molecule has 6 heteroatoms. The Morgan fingerprint density at radius 2 is 0.542 bits per heavy atom. The van der Waals surface area contributed by atoms with Crippen molar-refractivity contribution in [3.05, 3.63) is 60.8 Å². The summed E-state index contributed by atoms with van der Waals surface area (Å²) in [6, 6.07) is 0. The van der Waals surface area contributed by atoms with Crippen molar-refractivity contribution in [2.24, 2.45) is 0 Å². The Balaban J connectivity index is 4.15. The molecule has 0 aliphatic carbocycles. The van der Waals surface area contributed by atoms with Gasteiger partial charge in [0.15, 0.2) is 6.10 Å². The van der Waals surface area contributed by atoms with Gasteiger partial charge >= 0.3 is 17.9 Å². The highest BCUT2D eigenvalue weighted by Gasteiger charge is 2.19. The van der Waals surface area contributed by atoms with E-state index >= 15 is 0 Å². The molecule has 0 radical (unpaired) electrons. The molecule has 0 saturated heterocycles. The predicted molar refractivity (Wildman–Crippen MR) is 312 cm³/mol. The Kier molecular flexibility index (Phi) is 58.2. The highest BCUT2D eigenvalue weighted by atomic mass is 16.6. The molecule has 0 aliphatic heterocycles. The molecule has 0 fully saturated rings. The van der Waals surface area contributed by atoms with Crippen LogP contribution in [-0.2, 0) is 28.6 Å². The largest absolute Gasteiger partial charge is 0.462 e. The molecule has 0 rings (SSSR count). The third-order valence-electron chi connectivity index (χ3n) is 13.8. The summed E-state index contributed by atoms with van der Waals surface area (Å²) < 4.78 is 16.9. The van der Waals surface area contributed by atoms with Crippen LogP contribution < -0.4 is 0 Å². The Hall–Kier alpha value is -2.89. The summed E-state index contributed by atoms with van der Waals surface area (Å²) in [5.74, 6) is -0.860. The first-order chi connectivity index (χ1) is 35.5. The highest BCUT2D eigenvalue weighted by Crippen LogP contribution is 2.17. The van der Waals surface area contributed by atoms with Crippen molar-refractivity contribution in [1.82, 2.24) is 0 Å². The molecule has 72 heavy (non-hydrogen) atoms. The van der Waals surface area contributed by atoms with Crippen LogP contribution in [0.4, 0.5) is 0 Å². The van der Waals surface area contributed by atoms with Crippen LogP contribution in [0.1, 0.15) is 323 Å². The first kappa shape index (κ1) is 69.1. The van der Waals surface area contributed by atoms with Crippen LogP contribution in [0.15, 0.2) is 60.8 Å². The van der Waals surface area contributed by atoms with Gasteiger partial charge in [0, 0.05) is 19.3 Å². The number of hydrogen-bond donors (Lipinski definition) is 0. The minimum atomic E-state index is -0.770.